The highest BCUT2D eigenvalue weighted by Crippen LogP contribution is 2.20. The molecular formula is C14H20ClNO2. The Morgan fingerprint density at radius 2 is 2.11 bits per heavy atom. The number of hydrogen-bond donors (Lipinski definition) is 2. The Kier molecular flexibility index (Phi) is 4.62. The standard InChI is InChI=1S/C14H20ClNO2/c1-11-2-3-12(8-13(11)15)9-16-10-14(17)4-6-18-7-5-14/h2-3,8,16-17H,4-7,9-10H2,1H3. The van der Waals surface area contributed by atoms with Gasteiger partial charge in [0.2, 0.25) is 0 Å². The summed E-state index contributed by atoms with van der Waals surface area (Å²) < 4.78 is 5.25. The Balaban J connectivity index is 1.82. The lowest BCUT2D eigenvalue weighted by Crippen LogP contribution is -2.44. The summed E-state index contributed by atoms with van der Waals surface area (Å²) in [5, 5.41) is 14.4. The highest BCUT2D eigenvalue weighted by atomic mass is 35.5. The molecule has 100 valence electrons. The second-order valence-corrected chi connectivity index (χ2v) is 5.43. The molecule has 1 aliphatic rings. The van der Waals surface area contributed by atoms with Crippen molar-refractivity contribution in [2.45, 2.75) is 31.9 Å². The summed E-state index contributed by atoms with van der Waals surface area (Å²) >= 11 is 6.08. The predicted molar refractivity (Wildman–Crippen MR) is 72.9 cm³/mol. The van der Waals surface area contributed by atoms with E-state index in [1.54, 1.807) is 0 Å². The number of aryl methyl sites for hydroxylation is 1. The van der Waals surface area contributed by atoms with Crippen molar-refractivity contribution in [2.24, 2.45) is 0 Å². The van der Waals surface area contributed by atoms with Crippen molar-refractivity contribution in [3.05, 3.63) is 34.3 Å². The monoisotopic (exact) mass is 269 g/mol. The Morgan fingerprint density at radius 1 is 1.39 bits per heavy atom. The van der Waals surface area contributed by atoms with Crippen LogP contribution in [0.2, 0.25) is 5.02 Å². The number of nitrogens with one attached hydrogen (secondary N) is 1. The molecule has 1 saturated heterocycles. The van der Waals surface area contributed by atoms with E-state index in [1.165, 1.54) is 0 Å². The lowest BCUT2D eigenvalue weighted by Gasteiger charge is -2.32. The molecule has 1 aromatic carbocycles. The van der Waals surface area contributed by atoms with E-state index in [-0.39, 0.29) is 0 Å². The predicted octanol–water partition coefficient (Wildman–Crippen LogP) is 2.28. The van der Waals surface area contributed by atoms with Gasteiger partial charge in [-0.15, -0.1) is 0 Å². The molecule has 1 heterocycles. The van der Waals surface area contributed by atoms with Crippen LogP contribution in [0.1, 0.15) is 24.0 Å². The largest absolute Gasteiger partial charge is 0.388 e. The van der Waals surface area contributed by atoms with Crippen LogP contribution in [0, 0.1) is 6.92 Å². The summed E-state index contributed by atoms with van der Waals surface area (Å²) in [5.74, 6) is 0. The third-order valence-corrected chi connectivity index (χ3v) is 3.85. The van der Waals surface area contributed by atoms with Crippen molar-refractivity contribution in [1.82, 2.24) is 5.32 Å². The van der Waals surface area contributed by atoms with Crippen LogP contribution >= 0.6 is 11.6 Å². The van der Waals surface area contributed by atoms with Crippen LogP contribution in [0.25, 0.3) is 0 Å². The van der Waals surface area contributed by atoms with Crippen molar-refractivity contribution in [2.75, 3.05) is 19.8 Å². The van der Waals surface area contributed by atoms with E-state index >= 15 is 0 Å². The highest BCUT2D eigenvalue weighted by Gasteiger charge is 2.28. The van der Waals surface area contributed by atoms with Crippen molar-refractivity contribution in [3.8, 4) is 0 Å². The summed E-state index contributed by atoms with van der Waals surface area (Å²) in [7, 11) is 0. The summed E-state index contributed by atoms with van der Waals surface area (Å²) in [6.07, 6.45) is 1.41. The van der Waals surface area contributed by atoms with E-state index in [0.717, 1.165) is 22.7 Å². The number of halogens is 1. The normalized spacial score (nSPS) is 18.8. The SMILES string of the molecule is Cc1ccc(CNCC2(O)CCOCC2)cc1Cl. The Morgan fingerprint density at radius 3 is 2.78 bits per heavy atom. The number of ether oxygens (including phenoxy) is 1. The maximum Gasteiger partial charge on any atom is 0.0815 e. The minimum atomic E-state index is -0.618. The van der Waals surface area contributed by atoms with Crippen LogP contribution in [-0.4, -0.2) is 30.5 Å². The maximum atomic E-state index is 10.3. The van der Waals surface area contributed by atoms with Crippen molar-refractivity contribution < 1.29 is 9.84 Å². The Hall–Kier alpha value is -0.610. The maximum absolute atomic E-state index is 10.3. The second-order valence-electron chi connectivity index (χ2n) is 5.02. The van der Waals surface area contributed by atoms with Crippen molar-refractivity contribution >= 4 is 11.6 Å². The quantitative estimate of drug-likeness (QED) is 0.881. The fourth-order valence-corrected chi connectivity index (χ4v) is 2.32. The van der Waals surface area contributed by atoms with Crippen LogP contribution in [0.3, 0.4) is 0 Å². The molecule has 0 aromatic heterocycles. The third kappa shape index (κ3) is 3.69. The van der Waals surface area contributed by atoms with Gasteiger partial charge in [0.1, 0.15) is 0 Å². The molecule has 1 aromatic rings. The Labute approximate surface area is 113 Å². The average Bonchev–Trinajstić information content (AvgIpc) is 2.34. The average molecular weight is 270 g/mol. The van der Waals surface area contributed by atoms with Gasteiger partial charge in [-0.2, -0.15) is 0 Å². The summed E-state index contributed by atoms with van der Waals surface area (Å²) in [5.41, 5.74) is 1.61. The first-order valence-corrected chi connectivity index (χ1v) is 6.73. The lowest BCUT2D eigenvalue weighted by molar-refractivity contribution is -0.0617. The smallest absolute Gasteiger partial charge is 0.0815 e. The summed E-state index contributed by atoms with van der Waals surface area (Å²) in [6, 6.07) is 6.04. The molecule has 0 bridgehead atoms. The van der Waals surface area contributed by atoms with Crippen LogP contribution in [0.5, 0.6) is 0 Å². The first kappa shape index (κ1) is 13.8. The molecule has 2 rings (SSSR count). The van der Waals surface area contributed by atoms with Crippen LogP contribution in [-0.2, 0) is 11.3 Å². The zero-order chi connectivity index (χ0) is 13.0. The van der Waals surface area contributed by atoms with Gasteiger partial charge in [0.05, 0.1) is 5.60 Å². The molecule has 0 unspecified atom stereocenters. The van der Waals surface area contributed by atoms with Gasteiger partial charge in [-0.05, 0) is 24.1 Å². The molecule has 1 fully saturated rings. The summed E-state index contributed by atoms with van der Waals surface area (Å²) in [4.78, 5) is 0. The molecule has 0 saturated carbocycles. The lowest BCUT2D eigenvalue weighted by atomic mass is 9.94. The Bertz CT molecular complexity index is 403. The van der Waals surface area contributed by atoms with Gasteiger partial charge in [-0.25, -0.2) is 0 Å². The van der Waals surface area contributed by atoms with E-state index in [0.29, 0.717) is 32.6 Å². The van der Waals surface area contributed by atoms with E-state index < -0.39 is 5.60 Å². The van der Waals surface area contributed by atoms with Crippen molar-refractivity contribution in [1.29, 1.82) is 0 Å². The van der Waals surface area contributed by atoms with Gasteiger partial charge < -0.3 is 15.2 Å². The molecule has 0 amide bonds. The number of hydrogen-bond acceptors (Lipinski definition) is 3. The minimum absolute atomic E-state index is 0.599. The zero-order valence-electron chi connectivity index (χ0n) is 10.7. The first-order valence-electron chi connectivity index (χ1n) is 6.35. The minimum Gasteiger partial charge on any atom is -0.388 e. The van der Waals surface area contributed by atoms with Gasteiger partial charge in [-0.1, -0.05) is 23.7 Å². The van der Waals surface area contributed by atoms with Crippen LogP contribution in [0.4, 0.5) is 0 Å². The van der Waals surface area contributed by atoms with Gasteiger partial charge >= 0.3 is 0 Å². The molecule has 3 nitrogen and oxygen atoms in total. The molecule has 0 atom stereocenters. The fourth-order valence-electron chi connectivity index (χ4n) is 2.11. The first-order chi connectivity index (χ1) is 8.59. The van der Waals surface area contributed by atoms with Crippen molar-refractivity contribution in [3.63, 3.8) is 0 Å². The molecule has 2 N–H and O–H groups in total. The number of benzene rings is 1. The van der Waals surface area contributed by atoms with Crippen LogP contribution < -0.4 is 5.32 Å². The zero-order valence-corrected chi connectivity index (χ0v) is 11.5. The number of rotatable bonds is 4. The molecule has 4 heteroatoms. The number of aliphatic hydroxyl groups is 1. The highest BCUT2D eigenvalue weighted by molar-refractivity contribution is 6.31. The molecule has 1 aliphatic heterocycles. The van der Waals surface area contributed by atoms with Gasteiger partial charge in [0, 0.05) is 44.2 Å². The van der Waals surface area contributed by atoms with Gasteiger partial charge in [0.25, 0.3) is 0 Å². The van der Waals surface area contributed by atoms with Gasteiger partial charge in [0.15, 0.2) is 0 Å². The molecule has 18 heavy (non-hydrogen) atoms. The molecular weight excluding hydrogens is 250 g/mol. The van der Waals surface area contributed by atoms with E-state index in [9.17, 15) is 5.11 Å². The second kappa shape index (κ2) is 6.02. The fraction of sp³-hybridized carbons (Fsp3) is 0.571. The van der Waals surface area contributed by atoms with E-state index in [4.69, 9.17) is 16.3 Å². The summed E-state index contributed by atoms with van der Waals surface area (Å²) in [6.45, 7) is 4.61. The van der Waals surface area contributed by atoms with Crippen LogP contribution in [0.15, 0.2) is 18.2 Å². The third-order valence-electron chi connectivity index (χ3n) is 3.44. The molecule has 0 aliphatic carbocycles. The molecule has 0 radical (unpaired) electrons. The van der Waals surface area contributed by atoms with E-state index in [2.05, 4.69) is 11.4 Å². The topological polar surface area (TPSA) is 41.5 Å². The van der Waals surface area contributed by atoms with Gasteiger partial charge in [-0.3, -0.25) is 0 Å². The molecule has 0 spiro atoms. The van der Waals surface area contributed by atoms with E-state index in [1.807, 2.05) is 19.1 Å².